The van der Waals surface area contributed by atoms with Gasteiger partial charge in [-0.3, -0.25) is 10.2 Å². The fourth-order valence-electron chi connectivity index (χ4n) is 2.30. The molecule has 1 aliphatic carbocycles. The van der Waals surface area contributed by atoms with Crippen molar-refractivity contribution in [1.29, 1.82) is 0 Å². The predicted octanol–water partition coefficient (Wildman–Crippen LogP) is 1.78. The number of nitrogens with one attached hydrogen (secondary N) is 3. The Morgan fingerprint density at radius 2 is 2.15 bits per heavy atom. The van der Waals surface area contributed by atoms with E-state index < -0.39 is 11.7 Å². The minimum Gasteiger partial charge on any atom is -0.443 e. The number of rotatable bonds is 2. The lowest BCUT2D eigenvalue weighted by atomic mass is 9.92. The molecule has 20 heavy (non-hydrogen) atoms. The van der Waals surface area contributed by atoms with Crippen molar-refractivity contribution in [2.24, 2.45) is 0 Å². The maximum atomic E-state index is 11.6. The number of ether oxygens (including phenoxy) is 1. The summed E-state index contributed by atoms with van der Waals surface area (Å²) in [5, 5.41) is 0. The first-order valence-electron chi connectivity index (χ1n) is 6.82. The highest BCUT2D eigenvalue weighted by atomic mass is 16.6. The van der Waals surface area contributed by atoms with Crippen molar-refractivity contribution in [2.75, 3.05) is 0 Å². The molecule has 0 radical (unpaired) electrons. The number of carbonyl (C=O) groups is 1. The van der Waals surface area contributed by atoms with Crippen LogP contribution in [0.5, 0.6) is 0 Å². The molecular formula is C14H21N3O3. The Bertz CT molecular complexity index is 545. The number of hydrogen-bond acceptors (Lipinski definition) is 4. The topological polar surface area (TPSA) is 83.2 Å². The average Bonchev–Trinajstić information content (AvgIpc) is 2.33. The van der Waals surface area contributed by atoms with Crippen LogP contribution in [0, 0.1) is 0 Å². The fourth-order valence-corrected chi connectivity index (χ4v) is 2.30. The summed E-state index contributed by atoms with van der Waals surface area (Å²) in [6.07, 6.45) is 2.21. The summed E-state index contributed by atoms with van der Waals surface area (Å²) in [5.41, 5.74) is 6.87. The molecule has 1 unspecified atom stereocenters. The second kappa shape index (κ2) is 5.66. The maximum Gasteiger partial charge on any atom is 0.422 e. The van der Waals surface area contributed by atoms with Gasteiger partial charge in [-0.05, 0) is 45.6 Å². The van der Waals surface area contributed by atoms with Crippen molar-refractivity contribution < 1.29 is 9.53 Å². The van der Waals surface area contributed by atoms with Crippen LogP contribution in [-0.2, 0) is 11.2 Å². The number of hydrazine groups is 1. The lowest BCUT2D eigenvalue weighted by molar-refractivity contribution is 0.0485. The van der Waals surface area contributed by atoms with Gasteiger partial charge in [-0.25, -0.2) is 10.2 Å². The van der Waals surface area contributed by atoms with Gasteiger partial charge in [-0.2, -0.15) is 0 Å². The lowest BCUT2D eigenvalue weighted by Gasteiger charge is -2.27. The molecule has 1 amide bonds. The zero-order valence-corrected chi connectivity index (χ0v) is 12.1. The Hall–Kier alpha value is -1.82. The van der Waals surface area contributed by atoms with Gasteiger partial charge in [0, 0.05) is 11.8 Å². The molecule has 6 nitrogen and oxygen atoms in total. The van der Waals surface area contributed by atoms with Crippen LogP contribution in [0.4, 0.5) is 4.79 Å². The molecule has 1 aromatic rings. The number of carbonyl (C=O) groups excluding carboxylic acids is 1. The maximum absolute atomic E-state index is 11.6. The number of hydrogen-bond donors (Lipinski definition) is 3. The molecule has 0 bridgehead atoms. The summed E-state index contributed by atoms with van der Waals surface area (Å²) in [6, 6.07) is 3.30. The summed E-state index contributed by atoms with van der Waals surface area (Å²) in [5.74, 6) is 0. The van der Waals surface area contributed by atoms with Crippen molar-refractivity contribution >= 4 is 6.09 Å². The highest BCUT2D eigenvalue weighted by Gasteiger charge is 2.22. The molecule has 1 aliphatic rings. The first-order chi connectivity index (χ1) is 9.35. The highest BCUT2D eigenvalue weighted by molar-refractivity contribution is 5.67. The third kappa shape index (κ3) is 3.84. The third-order valence-corrected chi connectivity index (χ3v) is 3.08. The van der Waals surface area contributed by atoms with Gasteiger partial charge in [0.15, 0.2) is 0 Å². The lowest BCUT2D eigenvalue weighted by Crippen LogP contribution is -2.44. The SMILES string of the molecule is CC(C)(C)OC(=O)NNC1CCCc2[nH]c(=O)ccc21. The summed E-state index contributed by atoms with van der Waals surface area (Å²) >= 11 is 0. The van der Waals surface area contributed by atoms with Crippen LogP contribution < -0.4 is 16.4 Å². The van der Waals surface area contributed by atoms with Gasteiger partial charge >= 0.3 is 6.09 Å². The molecule has 0 fully saturated rings. The molecule has 1 atom stereocenters. The van der Waals surface area contributed by atoms with Gasteiger partial charge in [-0.15, -0.1) is 0 Å². The monoisotopic (exact) mass is 279 g/mol. The average molecular weight is 279 g/mol. The van der Waals surface area contributed by atoms with Gasteiger partial charge in [-0.1, -0.05) is 6.07 Å². The van der Waals surface area contributed by atoms with Crippen molar-refractivity contribution in [3.8, 4) is 0 Å². The molecule has 0 spiro atoms. The third-order valence-electron chi connectivity index (χ3n) is 3.08. The number of H-pyrrole nitrogens is 1. The Kier molecular flexibility index (Phi) is 4.13. The number of aryl methyl sites for hydroxylation is 1. The van der Waals surface area contributed by atoms with E-state index in [4.69, 9.17) is 4.74 Å². The van der Waals surface area contributed by atoms with Crippen LogP contribution in [-0.4, -0.2) is 16.7 Å². The summed E-state index contributed by atoms with van der Waals surface area (Å²) in [6.45, 7) is 5.44. The van der Waals surface area contributed by atoms with Crippen molar-refractivity contribution in [3.05, 3.63) is 33.7 Å². The van der Waals surface area contributed by atoms with E-state index in [0.29, 0.717) is 0 Å². The molecule has 1 aromatic heterocycles. The zero-order valence-electron chi connectivity index (χ0n) is 12.1. The summed E-state index contributed by atoms with van der Waals surface area (Å²) < 4.78 is 5.17. The standard InChI is InChI=1S/C14H21N3O3/c1-14(2,3)20-13(19)17-16-11-6-4-5-10-9(11)7-8-12(18)15-10/h7-8,11,16H,4-6H2,1-3H3,(H,15,18)(H,17,19). The van der Waals surface area contributed by atoms with Gasteiger partial charge in [0.05, 0.1) is 6.04 Å². The second-order valence-electron chi connectivity index (χ2n) is 5.97. The van der Waals surface area contributed by atoms with E-state index in [-0.39, 0.29) is 11.6 Å². The molecular weight excluding hydrogens is 258 g/mol. The summed E-state index contributed by atoms with van der Waals surface area (Å²) in [7, 11) is 0. The molecule has 0 saturated heterocycles. The van der Waals surface area contributed by atoms with Gasteiger partial charge < -0.3 is 9.72 Å². The van der Waals surface area contributed by atoms with Crippen LogP contribution >= 0.6 is 0 Å². The number of amides is 1. The van der Waals surface area contributed by atoms with E-state index in [9.17, 15) is 9.59 Å². The molecule has 0 aliphatic heterocycles. The van der Waals surface area contributed by atoms with E-state index >= 15 is 0 Å². The van der Waals surface area contributed by atoms with Gasteiger partial charge in [0.25, 0.3) is 0 Å². The van der Waals surface area contributed by atoms with Crippen molar-refractivity contribution in [3.63, 3.8) is 0 Å². The van der Waals surface area contributed by atoms with E-state index in [0.717, 1.165) is 30.5 Å². The van der Waals surface area contributed by atoms with E-state index in [1.54, 1.807) is 0 Å². The predicted molar refractivity (Wildman–Crippen MR) is 75.2 cm³/mol. The van der Waals surface area contributed by atoms with Gasteiger partial charge in [0.1, 0.15) is 5.60 Å². The smallest absolute Gasteiger partial charge is 0.422 e. The largest absolute Gasteiger partial charge is 0.443 e. The minimum atomic E-state index is -0.526. The second-order valence-corrected chi connectivity index (χ2v) is 5.97. The highest BCUT2D eigenvalue weighted by Crippen LogP contribution is 2.26. The number of fused-ring (bicyclic) bond motifs is 1. The van der Waals surface area contributed by atoms with Crippen LogP contribution in [0.3, 0.4) is 0 Å². The molecule has 0 saturated carbocycles. The Morgan fingerprint density at radius 3 is 2.85 bits per heavy atom. The Balaban J connectivity index is 1.99. The van der Waals surface area contributed by atoms with Crippen LogP contribution in [0.15, 0.2) is 16.9 Å². The molecule has 2 rings (SSSR count). The molecule has 110 valence electrons. The van der Waals surface area contributed by atoms with Gasteiger partial charge in [0.2, 0.25) is 5.56 Å². The summed E-state index contributed by atoms with van der Waals surface area (Å²) in [4.78, 5) is 25.8. The van der Waals surface area contributed by atoms with Crippen LogP contribution in [0.2, 0.25) is 0 Å². The normalized spacial score (nSPS) is 18.2. The first kappa shape index (κ1) is 14.6. The van der Waals surface area contributed by atoms with E-state index in [1.807, 2.05) is 26.8 Å². The number of aromatic nitrogens is 1. The van der Waals surface area contributed by atoms with E-state index in [1.165, 1.54) is 6.07 Å². The number of pyridine rings is 1. The van der Waals surface area contributed by atoms with E-state index in [2.05, 4.69) is 15.8 Å². The Labute approximate surface area is 117 Å². The fraction of sp³-hybridized carbons (Fsp3) is 0.571. The van der Waals surface area contributed by atoms with Crippen LogP contribution in [0.1, 0.15) is 50.9 Å². The molecule has 3 N–H and O–H groups in total. The first-order valence-corrected chi connectivity index (χ1v) is 6.82. The van der Waals surface area contributed by atoms with Crippen molar-refractivity contribution in [1.82, 2.24) is 15.8 Å². The zero-order chi connectivity index (χ0) is 14.8. The van der Waals surface area contributed by atoms with Crippen LogP contribution in [0.25, 0.3) is 0 Å². The Morgan fingerprint density at radius 1 is 1.40 bits per heavy atom. The van der Waals surface area contributed by atoms with Crippen molar-refractivity contribution in [2.45, 2.75) is 51.7 Å². The quantitative estimate of drug-likeness (QED) is 0.721. The number of aromatic amines is 1. The minimum absolute atomic E-state index is 0.0110. The molecule has 6 heteroatoms. The molecule has 0 aromatic carbocycles. The molecule has 1 heterocycles.